The quantitative estimate of drug-likeness (QED) is 0.485. The molecule has 1 N–H and O–H groups in total. The van der Waals surface area contributed by atoms with Crippen molar-refractivity contribution in [1.29, 1.82) is 0 Å². The number of fused-ring (bicyclic) bond motifs is 2. The third-order valence-electron chi connectivity index (χ3n) is 2.90. The van der Waals surface area contributed by atoms with Crippen molar-refractivity contribution in [3.8, 4) is 0 Å². The normalized spacial score (nSPS) is 47.5. The molecule has 4 nitrogen and oxygen atoms in total. The Morgan fingerprint density at radius 2 is 2.33 bits per heavy atom. The molecule has 3 atom stereocenters. The average Bonchev–Trinajstić information content (AvgIpc) is 2.13. The molecule has 2 aliphatic rings. The lowest BCUT2D eigenvalue weighted by Gasteiger charge is -2.43. The SMILES string of the molecule is CC1(OO)OO[C@H]2CCC[C@@H]1C2. The molecular weight excluding hydrogens is 160 g/mol. The Labute approximate surface area is 71.3 Å². The third kappa shape index (κ3) is 1.25. The fraction of sp³-hybridized carbons (Fsp3) is 1.00. The van der Waals surface area contributed by atoms with Crippen molar-refractivity contribution in [2.24, 2.45) is 5.92 Å². The van der Waals surface area contributed by atoms with E-state index in [0.29, 0.717) is 0 Å². The molecule has 0 aromatic heterocycles. The maximum absolute atomic E-state index is 8.66. The summed E-state index contributed by atoms with van der Waals surface area (Å²) in [4.78, 5) is 14.4. The van der Waals surface area contributed by atoms with Crippen LogP contribution in [0.5, 0.6) is 0 Å². The first-order valence-corrected chi connectivity index (χ1v) is 4.41. The largest absolute Gasteiger partial charge is 0.249 e. The van der Waals surface area contributed by atoms with Gasteiger partial charge in [0, 0.05) is 5.92 Å². The molecule has 70 valence electrons. The molecule has 12 heavy (non-hydrogen) atoms. The van der Waals surface area contributed by atoms with Crippen molar-refractivity contribution in [2.75, 3.05) is 0 Å². The Balaban J connectivity index is 2.08. The molecule has 1 unspecified atom stereocenters. The minimum Gasteiger partial charge on any atom is -0.249 e. The summed E-state index contributed by atoms with van der Waals surface area (Å²) in [5.74, 6) is -0.688. The topological polar surface area (TPSA) is 47.9 Å². The van der Waals surface area contributed by atoms with E-state index in [-0.39, 0.29) is 12.0 Å². The summed E-state index contributed by atoms with van der Waals surface area (Å²) in [6, 6.07) is 0. The molecule has 2 bridgehead atoms. The third-order valence-corrected chi connectivity index (χ3v) is 2.90. The molecule has 0 radical (unpaired) electrons. The summed E-state index contributed by atoms with van der Waals surface area (Å²) in [6.07, 6.45) is 4.34. The van der Waals surface area contributed by atoms with E-state index >= 15 is 0 Å². The van der Waals surface area contributed by atoms with Gasteiger partial charge in [0.15, 0.2) is 0 Å². The number of hydrogen-bond acceptors (Lipinski definition) is 4. The zero-order chi connectivity index (χ0) is 8.60. The van der Waals surface area contributed by atoms with Crippen molar-refractivity contribution in [3.05, 3.63) is 0 Å². The second-order valence-corrected chi connectivity index (χ2v) is 3.77. The van der Waals surface area contributed by atoms with E-state index in [1.54, 1.807) is 6.92 Å². The smallest absolute Gasteiger partial charge is 0.233 e. The maximum Gasteiger partial charge on any atom is 0.233 e. The Kier molecular flexibility index (Phi) is 2.08. The molecular formula is C8H14O4. The fourth-order valence-electron chi connectivity index (χ4n) is 2.03. The van der Waals surface area contributed by atoms with Gasteiger partial charge in [0.05, 0.1) is 6.10 Å². The van der Waals surface area contributed by atoms with E-state index < -0.39 is 5.79 Å². The Hall–Kier alpha value is -0.160. The van der Waals surface area contributed by atoms with E-state index in [2.05, 4.69) is 4.89 Å². The molecule has 0 spiro atoms. The van der Waals surface area contributed by atoms with Gasteiger partial charge in [-0.2, -0.15) is 4.89 Å². The van der Waals surface area contributed by atoms with Crippen molar-refractivity contribution < 1.29 is 19.9 Å². The lowest BCUT2D eigenvalue weighted by molar-refractivity contribution is -0.540. The van der Waals surface area contributed by atoms with Crippen molar-refractivity contribution in [3.63, 3.8) is 0 Å². The average molecular weight is 174 g/mol. The molecule has 0 amide bonds. The van der Waals surface area contributed by atoms with Crippen LogP contribution in [0.15, 0.2) is 0 Å². The van der Waals surface area contributed by atoms with Crippen LogP contribution in [0.4, 0.5) is 0 Å². The monoisotopic (exact) mass is 174 g/mol. The van der Waals surface area contributed by atoms with Gasteiger partial charge in [-0.15, -0.1) is 0 Å². The van der Waals surface area contributed by atoms with Gasteiger partial charge in [0.25, 0.3) is 0 Å². The van der Waals surface area contributed by atoms with E-state index in [1.165, 1.54) is 0 Å². The van der Waals surface area contributed by atoms with Crippen molar-refractivity contribution >= 4 is 0 Å². The van der Waals surface area contributed by atoms with Crippen LogP contribution in [0.2, 0.25) is 0 Å². The highest BCUT2D eigenvalue weighted by atomic mass is 17.3. The zero-order valence-corrected chi connectivity index (χ0v) is 7.16. The Morgan fingerprint density at radius 1 is 1.50 bits per heavy atom. The lowest BCUT2D eigenvalue weighted by atomic mass is 9.81. The highest BCUT2D eigenvalue weighted by Crippen LogP contribution is 2.41. The van der Waals surface area contributed by atoms with Gasteiger partial charge in [-0.1, -0.05) is 6.42 Å². The summed E-state index contributed by atoms with van der Waals surface area (Å²) in [5.41, 5.74) is 0. The highest BCUT2D eigenvalue weighted by molar-refractivity contribution is 4.83. The van der Waals surface area contributed by atoms with Gasteiger partial charge >= 0.3 is 0 Å². The van der Waals surface area contributed by atoms with Gasteiger partial charge < -0.3 is 0 Å². The first kappa shape index (κ1) is 8.44. The highest BCUT2D eigenvalue weighted by Gasteiger charge is 2.46. The predicted octanol–water partition coefficient (Wildman–Crippen LogP) is 1.71. The molecule has 2 fully saturated rings. The fourth-order valence-corrected chi connectivity index (χ4v) is 2.03. The van der Waals surface area contributed by atoms with E-state index in [0.717, 1.165) is 25.7 Å². The van der Waals surface area contributed by atoms with E-state index in [9.17, 15) is 0 Å². The minimum absolute atomic E-state index is 0.201. The summed E-state index contributed by atoms with van der Waals surface area (Å²) in [6.45, 7) is 1.71. The number of rotatable bonds is 1. The molecule has 1 saturated heterocycles. The summed E-state index contributed by atoms with van der Waals surface area (Å²) in [7, 11) is 0. The molecule has 1 aliphatic heterocycles. The standard InChI is InChI=1S/C8H14O4/c1-8(11-9)6-3-2-4-7(5-6)10-12-8/h6-7,9H,2-5H2,1H3/t6-,7+,8?/m1/s1. The molecule has 0 aromatic carbocycles. The van der Waals surface area contributed by atoms with Gasteiger partial charge in [-0.25, -0.2) is 15.0 Å². The van der Waals surface area contributed by atoms with Crippen LogP contribution < -0.4 is 0 Å². The first-order valence-electron chi connectivity index (χ1n) is 4.41. The molecule has 1 aliphatic carbocycles. The predicted molar refractivity (Wildman–Crippen MR) is 40.0 cm³/mol. The van der Waals surface area contributed by atoms with Crippen LogP contribution in [0.1, 0.15) is 32.6 Å². The number of hydrogen-bond donors (Lipinski definition) is 1. The summed E-state index contributed by atoms with van der Waals surface area (Å²) >= 11 is 0. The van der Waals surface area contributed by atoms with Crippen LogP contribution >= 0.6 is 0 Å². The van der Waals surface area contributed by atoms with Crippen LogP contribution in [-0.2, 0) is 14.7 Å². The second kappa shape index (κ2) is 2.96. The Morgan fingerprint density at radius 3 is 3.08 bits per heavy atom. The van der Waals surface area contributed by atoms with Crippen molar-refractivity contribution in [1.82, 2.24) is 0 Å². The van der Waals surface area contributed by atoms with Gasteiger partial charge in [-0.3, -0.25) is 0 Å². The molecule has 0 aromatic rings. The van der Waals surface area contributed by atoms with Gasteiger partial charge in [0.1, 0.15) is 0 Å². The molecule has 2 rings (SSSR count). The van der Waals surface area contributed by atoms with Crippen LogP contribution in [-0.4, -0.2) is 17.1 Å². The van der Waals surface area contributed by atoms with Gasteiger partial charge in [-0.05, 0) is 26.2 Å². The van der Waals surface area contributed by atoms with E-state index in [4.69, 9.17) is 15.0 Å². The van der Waals surface area contributed by atoms with E-state index in [1.807, 2.05) is 0 Å². The minimum atomic E-state index is -0.947. The molecule has 1 saturated carbocycles. The van der Waals surface area contributed by atoms with Crippen LogP contribution in [0.3, 0.4) is 0 Å². The van der Waals surface area contributed by atoms with Crippen LogP contribution in [0.25, 0.3) is 0 Å². The Bertz CT molecular complexity index is 172. The summed E-state index contributed by atoms with van der Waals surface area (Å²) in [5, 5.41) is 8.66. The molecule has 4 heteroatoms. The zero-order valence-electron chi connectivity index (χ0n) is 7.16. The first-order chi connectivity index (χ1) is 5.74. The maximum atomic E-state index is 8.66. The summed E-state index contributed by atoms with van der Waals surface area (Å²) < 4.78 is 0. The molecule has 1 heterocycles. The van der Waals surface area contributed by atoms with Gasteiger partial charge in [0.2, 0.25) is 5.79 Å². The second-order valence-electron chi connectivity index (χ2n) is 3.77. The van der Waals surface area contributed by atoms with Crippen LogP contribution in [0, 0.1) is 5.92 Å². The lowest BCUT2D eigenvalue weighted by Crippen LogP contribution is -2.48. The van der Waals surface area contributed by atoms with Crippen molar-refractivity contribution in [2.45, 2.75) is 44.5 Å².